The van der Waals surface area contributed by atoms with Crippen LogP contribution in [0.25, 0.3) is 10.2 Å². The van der Waals surface area contributed by atoms with Gasteiger partial charge in [0.15, 0.2) is 6.61 Å². The first-order valence-corrected chi connectivity index (χ1v) is 10.9. The van der Waals surface area contributed by atoms with Gasteiger partial charge in [-0.3, -0.25) is 9.59 Å². The minimum atomic E-state index is -0.400. The number of carbonyl (C=O) groups excluding carboxylic acids is 2. The average Bonchev–Trinajstić information content (AvgIpc) is 2.91. The summed E-state index contributed by atoms with van der Waals surface area (Å²) >= 11 is 2.96. The molecule has 2 aromatic rings. The van der Waals surface area contributed by atoms with Crippen molar-refractivity contribution in [3.8, 4) is 0 Å². The lowest BCUT2D eigenvalue weighted by Crippen LogP contribution is -2.44. The van der Waals surface area contributed by atoms with Crippen LogP contribution in [-0.2, 0) is 14.3 Å². The Kier molecular flexibility index (Phi) is 6.37. The van der Waals surface area contributed by atoms with Gasteiger partial charge in [-0.1, -0.05) is 25.6 Å². The second-order valence-electron chi connectivity index (χ2n) is 7.34. The SMILES string of the molecule is Cc1sc2ncnc(SCC(=O)OCC(=O)N3C[C@H](C)C[C@@H](C)C3)c2c1C. The molecule has 1 fully saturated rings. The summed E-state index contributed by atoms with van der Waals surface area (Å²) < 4.78 is 5.20. The molecule has 27 heavy (non-hydrogen) atoms. The number of aromatic nitrogens is 2. The van der Waals surface area contributed by atoms with Crippen molar-refractivity contribution in [1.29, 1.82) is 0 Å². The van der Waals surface area contributed by atoms with Crippen molar-refractivity contribution in [3.05, 3.63) is 16.8 Å². The predicted molar refractivity (Wildman–Crippen MR) is 108 cm³/mol. The van der Waals surface area contributed by atoms with Gasteiger partial charge in [0.1, 0.15) is 16.2 Å². The Bertz CT molecular complexity index is 842. The van der Waals surface area contributed by atoms with E-state index >= 15 is 0 Å². The van der Waals surface area contributed by atoms with Crippen LogP contribution >= 0.6 is 23.1 Å². The summed E-state index contributed by atoms with van der Waals surface area (Å²) in [6.07, 6.45) is 2.66. The second-order valence-corrected chi connectivity index (χ2v) is 9.50. The quantitative estimate of drug-likeness (QED) is 0.429. The van der Waals surface area contributed by atoms with E-state index in [-0.39, 0.29) is 18.3 Å². The normalized spacial score (nSPS) is 20.1. The van der Waals surface area contributed by atoms with Gasteiger partial charge in [0, 0.05) is 23.4 Å². The van der Waals surface area contributed by atoms with E-state index in [2.05, 4.69) is 30.7 Å². The van der Waals surface area contributed by atoms with E-state index < -0.39 is 5.97 Å². The lowest BCUT2D eigenvalue weighted by Gasteiger charge is -2.34. The summed E-state index contributed by atoms with van der Waals surface area (Å²) in [6.45, 7) is 9.69. The number of thioether (sulfide) groups is 1. The van der Waals surface area contributed by atoms with Gasteiger partial charge in [-0.15, -0.1) is 11.3 Å². The van der Waals surface area contributed by atoms with E-state index in [1.165, 1.54) is 23.0 Å². The molecule has 0 aromatic carbocycles. The number of hydrogen-bond acceptors (Lipinski definition) is 7. The fourth-order valence-electron chi connectivity index (χ4n) is 3.53. The molecule has 2 atom stereocenters. The molecule has 1 aliphatic rings. The molecule has 0 radical (unpaired) electrons. The highest BCUT2D eigenvalue weighted by Crippen LogP contribution is 2.34. The molecule has 8 heteroatoms. The van der Waals surface area contributed by atoms with Crippen molar-refractivity contribution in [3.63, 3.8) is 0 Å². The first-order chi connectivity index (χ1) is 12.8. The number of ether oxygens (including phenoxy) is 1. The van der Waals surface area contributed by atoms with Crippen LogP contribution in [0.4, 0.5) is 0 Å². The van der Waals surface area contributed by atoms with Crippen LogP contribution in [0.5, 0.6) is 0 Å². The fraction of sp³-hybridized carbons (Fsp3) is 0.579. The molecule has 146 valence electrons. The molecule has 3 heterocycles. The van der Waals surface area contributed by atoms with E-state index in [1.807, 2.05) is 11.8 Å². The van der Waals surface area contributed by atoms with E-state index in [1.54, 1.807) is 11.3 Å². The summed E-state index contributed by atoms with van der Waals surface area (Å²) in [6, 6.07) is 0. The maximum Gasteiger partial charge on any atom is 0.316 e. The van der Waals surface area contributed by atoms with Crippen LogP contribution in [0.15, 0.2) is 11.4 Å². The van der Waals surface area contributed by atoms with Crippen molar-refractivity contribution in [2.24, 2.45) is 11.8 Å². The third kappa shape index (κ3) is 4.79. The Morgan fingerprint density at radius 3 is 2.67 bits per heavy atom. The van der Waals surface area contributed by atoms with E-state index in [9.17, 15) is 9.59 Å². The van der Waals surface area contributed by atoms with E-state index in [0.29, 0.717) is 11.8 Å². The standard InChI is InChI=1S/C19H25N3O3S2/c1-11-5-12(2)7-22(6-11)15(23)8-25-16(24)9-26-18-17-13(3)14(4)27-19(17)21-10-20-18/h10-12H,5-9H2,1-4H3/t11-,12-/m1/s1. The van der Waals surface area contributed by atoms with Crippen LogP contribution in [0.3, 0.4) is 0 Å². The van der Waals surface area contributed by atoms with Gasteiger partial charge in [0.25, 0.3) is 5.91 Å². The van der Waals surface area contributed by atoms with Crippen LogP contribution in [0.2, 0.25) is 0 Å². The number of fused-ring (bicyclic) bond motifs is 1. The lowest BCUT2D eigenvalue weighted by molar-refractivity contribution is -0.151. The third-order valence-corrected chi connectivity index (χ3v) is 6.91. The first-order valence-electron chi connectivity index (χ1n) is 9.12. The Morgan fingerprint density at radius 1 is 1.26 bits per heavy atom. The molecular weight excluding hydrogens is 382 g/mol. The molecule has 2 aromatic heterocycles. The molecule has 0 saturated carbocycles. The number of aryl methyl sites for hydroxylation is 2. The van der Waals surface area contributed by atoms with Gasteiger partial charge in [-0.2, -0.15) is 0 Å². The molecule has 1 aliphatic heterocycles. The topological polar surface area (TPSA) is 72.4 Å². The highest BCUT2D eigenvalue weighted by atomic mass is 32.2. The number of hydrogen-bond donors (Lipinski definition) is 0. The number of esters is 1. The minimum absolute atomic E-state index is 0.111. The summed E-state index contributed by atoms with van der Waals surface area (Å²) in [4.78, 5) is 37.0. The largest absolute Gasteiger partial charge is 0.455 e. The van der Waals surface area contributed by atoms with Crippen LogP contribution < -0.4 is 0 Å². The lowest BCUT2D eigenvalue weighted by atomic mass is 9.92. The molecule has 6 nitrogen and oxygen atoms in total. The summed E-state index contributed by atoms with van der Waals surface area (Å²) in [7, 11) is 0. The third-order valence-electron chi connectivity index (χ3n) is 4.84. The van der Waals surface area contributed by atoms with Crippen LogP contribution in [0.1, 0.15) is 30.7 Å². The zero-order valence-electron chi connectivity index (χ0n) is 16.2. The van der Waals surface area contributed by atoms with Crippen molar-refractivity contribution >= 4 is 45.2 Å². The number of carbonyl (C=O) groups is 2. The molecular formula is C19H25N3O3S2. The van der Waals surface area contributed by atoms with E-state index in [4.69, 9.17) is 4.74 Å². The maximum absolute atomic E-state index is 12.3. The smallest absolute Gasteiger partial charge is 0.316 e. The van der Waals surface area contributed by atoms with Gasteiger partial charge in [-0.05, 0) is 37.7 Å². The number of likely N-dealkylation sites (tertiary alicyclic amines) is 1. The van der Waals surface area contributed by atoms with Crippen LogP contribution in [0, 0.1) is 25.7 Å². The maximum atomic E-state index is 12.3. The van der Waals surface area contributed by atoms with Crippen LogP contribution in [-0.4, -0.2) is 52.2 Å². The Balaban J connectivity index is 1.52. The first kappa shape index (κ1) is 20.1. The average molecular weight is 408 g/mol. The van der Waals surface area contributed by atoms with Gasteiger partial charge in [-0.25, -0.2) is 9.97 Å². The number of rotatable bonds is 5. The Labute approximate surface area is 167 Å². The van der Waals surface area contributed by atoms with Crippen molar-refractivity contribution in [2.75, 3.05) is 25.4 Å². The molecule has 0 N–H and O–H groups in total. The molecule has 0 spiro atoms. The molecule has 1 amide bonds. The molecule has 0 bridgehead atoms. The van der Waals surface area contributed by atoms with Gasteiger partial charge in [0.2, 0.25) is 0 Å². The number of nitrogens with zero attached hydrogens (tertiary/aromatic N) is 3. The number of amides is 1. The second kappa shape index (κ2) is 8.56. The number of piperidine rings is 1. The van der Waals surface area contributed by atoms with E-state index in [0.717, 1.165) is 40.3 Å². The zero-order chi connectivity index (χ0) is 19.6. The summed E-state index contributed by atoms with van der Waals surface area (Å²) in [5.74, 6) is 0.590. The molecule has 0 unspecified atom stereocenters. The van der Waals surface area contributed by atoms with Gasteiger partial charge in [0.05, 0.1) is 5.75 Å². The monoisotopic (exact) mass is 407 g/mol. The highest BCUT2D eigenvalue weighted by Gasteiger charge is 2.26. The fourth-order valence-corrected chi connectivity index (χ4v) is 5.44. The summed E-state index contributed by atoms with van der Waals surface area (Å²) in [5, 5.41) is 1.79. The summed E-state index contributed by atoms with van der Waals surface area (Å²) in [5.41, 5.74) is 1.15. The molecule has 3 rings (SSSR count). The van der Waals surface area contributed by atoms with Crippen molar-refractivity contribution in [1.82, 2.24) is 14.9 Å². The molecule has 0 aliphatic carbocycles. The van der Waals surface area contributed by atoms with Gasteiger partial charge >= 0.3 is 5.97 Å². The Morgan fingerprint density at radius 2 is 1.96 bits per heavy atom. The predicted octanol–water partition coefficient (Wildman–Crippen LogP) is 3.45. The van der Waals surface area contributed by atoms with Gasteiger partial charge < -0.3 is 9.64 Å². The Hall–Kier alpha value is -1.67. The minimum Gasteiger partial charge on any atom is -0.455 e. The van der Waals surface area contributed by atoms with Crippen molar-refractivity contribution in [2.45, 2.75) is 39.1 Å². The zero-order valence-corrected chi connectivity index (χ0v) is 17.8. The number of thiophene rings is 1. The highest BCUT2D eigenvalue weighted by molar-refractivity contribution is 8.00. The molecule has 1 saturated heterocycles. The van der Waals surface area contributed by atoms with Crippen molar-refractivity contribution < 1.29 is 14.3 Å².